The molecular weight excluding hydrogens is 490 g/mol. The Kier molecular flexibility index (Phi) is 6.84. The lowest BCUT2D eigenvalue weighted by atomic mass is 9.62. The summed E-state index contributed by atoms with van der Waals surface area (Å²) >= 11 is 0. The Morgan fingerprint density at radius 1 is 0.846 bits per heavy atom. The molecule has 2 heterocycles. The molecule has 1 N–H and O–H groups in total. The molecule has 0 bridgehead atoms. The van der Waals surface area contributed by atoms with E-state index >= 15 is 0 Å². The molecule has 6 heteroatoms. The number of ketones is 1. The molecule has 1 amide bonds. The Morgan fingerprint density at radius 2 is 1.46 bits per heavy atom. The average Bonchev–Trinajstić information content (AvgIpc) is 3.38. The van der Waals surface area contributed by atoms with Crippen molar-refractivity contribution >= 4 is 11.7 Å². The van der Waals surface area contributed by atoms with Crippen molar-refractivity contribution in [3.63, 3.8) is 0 Å². The minimum Gasteiger partial charge on any atom is -0.447 e. The van der Waals surface area contributed by atoms with E-state index in [0.717, 1.165) is 24.0 Å². The van der Waals surface area contributed by atoms with E-state index in [2.05, 4.69) is 39.1 Å². The second-order valence-corrected chi connectivity index (χ2v) is 12.7. The van der Waals surface area contributed by atoms with Gasteiger partial charge in [-0.1, -0.05) is 64.1 Å². The minimum atomic E-state index is -0.775. The second kappa shape index (κ2) is 9.76. The van der Waals surface area contributed by atoms with Crippen LogP contribution in [0.4, 0.5) is 0 Å². The maximum atomic E-state index is 13.6. The van der Waals surface area contributed by atoms with Gasteiger partial charge >= 0.3 is 0 Å². The zero-order valence-electron chi connectivity index (χ0n) is 24.0. The van der Waals surface area contributed by atoms with Gasteiger partial charge in [0.15, 0.2) is 17.3 Å². The molecule has 1 aromatic heterocycles. The molecule has 2 aliphatic rings. The van der Waals surface area contributed by atoms with Crippen molar-refractivity contribution in [2.24, 2.45) is 0 Å². The maximum Gasteiger partial charge on any atom is 0.287 e. The van der Waals surface area contributed by atoms with Gasteiger partial charge in [-0.25, -0.2) is 0 Å². The summed E-state index contributed by atoms with van der Waals surface area (Å²) in [5.41, 5.74) is 5.04. The third kappa shape index (κ3) is 5.32. The van der Waals surface area contributed by atoms with Gasteiger partial charge < -0.3 is 19.2 Å². The first-order valence-corrected chi connectivity index (χ1v) is 13.8. The van der Waals surface area contributed by atoms with Crippen molar-refractivity contribution in [3.8, 4) is 0 Å². The van der Waals surface area contributed by atoms with Crippen molar-refractivity contribution in [2.45, 2.75) is 90.1 Å². The maximum absolute atomic E-state index is 13.6. The summed E-state index contributed by atoms with van der Waals surface area (Å²) in [5, 5.41) is 2.99. The smallest absolute Gasteiger partial charge is 0.287 e. The number of amides is 1. The van der Waals surface area contributed by atoms with Gasteiger partial charge in [0, 0.05) is 5.56 Å². The number of nitrogens with one attached hydrogen (secondary N) is 1. The fraction of sp³-hybridized carbons (Fsp3) is 0.455. The number of fused-ring (bicyclic) bond motifs is 1. The Labute approximate surface area is 231 Å². The molecule has 0 saturated carbocycles. The van der Waals surface area contributed by atoms with Crippen LogP contribution in [0.3, 0.4) is 0 Å². The lowest BCUT2D eigenvalue weighted by Gasteiger charge is -2.42. The van der Waals surface area contributed by atoms with E-state index in [9.17, 15) is 9.59 Å². The van der Waals surface area contributed by atoms with Gasteiger partial charge in [0.2, 0.25) is 5.78 Å². The van der Waals surface area contributed by atoms with Crippen LogP contribution in [0.1, 0.15) is 109 Å². The molecular formula is C33H39NO5. The van der Waals surface area contributed by atoms with Crippen molar-refractivity contribution in [1.82, 2.24) is 5.32 Å². The fourth-order valence-corrected chi connectivity index (χ4v) is 5.78. The highest BCUT2D eigenvalue weighted by Crippen LogP contribution is 2.46. The van der Waals surface area contributed by atoms with Crippen LogP contribution in [0.5, 0.6) is 0 Å². The van der Waals surface area contributed by atoms with Gasteiger partial charge in [-0.05, 0) is 84.9 Å². The number of benzene rings is 2. The monoisotopic (exact) mass is 529 g/mol. The quantitative estimate of drug-likeness (QED) is 0.368. The van der Waals surface area contributed by atoms with Gasteiger partial charge in [-0.2, -0.15) is 0 Å². The predicted octanol–water partition coefficient (Wildman–Crippen LogP) is 6.79. The van der Waals surface area contributed by atoms with Gasteiger partial charge in [0.05, 0.1) is 12.6 Å². The molecule has 1 fully saturated rings. The molecule has 39 heavy (non-hydrogen) atoms. The van der Waals surface area contributed by atoms with Gasteiger partial charge in [0.1, 0.15) is 6.10 Å². The van der Waals surface area contributed by atoms with E-state index in [1.165, 1.54) is 11.1 Å². The summed E-state index contributed by atoms with van der Waals surface area (Å²) in [6.07, 6.45) is 1.78. The third-order valence-electron chi connectivity index (χ3n) is 8.33. The SMILES string of the molecule is Cc1cc2c(cc1C(=O)c1ccc(C(=O)N[C@@H]3COC(C)(C)O[C@@H]3c3ccccc3)o1)C(C)(C)CCC2(C)C. The molecule has 0 unspecified atom stereocenters. The van der Waals surface area contributed by atoms with Gasteiger partial charge in [-0.3, -0.25) is 9.59 Å². The predicted molar refractivity (Wildman–Crippen MR) is 150 cm³/mol. The molecule has 0 spiro atoms. The standard InChI is InChI=1S/C33H39NO5/c1-20-17-23-24(32(4,5)16-15-31(23,2)3)18-22(20)28(35)26-13-14-27(38-26)30(36)34-25-19-37-33(6,7)39-29(25)21-11-9-8-10-12-21/h8-14,17-18,25,29H,15-16,19H2,1-7H3,(H,34,36)/t25-,29-/m1/s1. The Hall–Kier alpha value is -3.22. The topological polar surface area (TPSA) is 77.8 Å². The van der Waals surface area contributed by atoms with Crippen LogP contribution >= 0.6 is 0 Å². The number of ether oxygens (including phenoxy) is 2. The number of aryl methyl sites for hydroxylation is 1. The first-order valence-electron chi connectivity index (χ1n) is 13.8. The fourth-order valence-electron chi connectivity index (χ4n) is 5.78. The molecule has 206 valence electrons. The van der Waals surface area contributed by atoms with Gasteiger partial charge in [0.25, 0.3) is 5.91 Å². The summed E-state index contributed by atoms with van der Waals surface area (Å²) < 4.78 is 17.8. The number of hydrogen-bond acceptors (Lipinski definition) is 5. The van der Waals surface area contributed by atoms with Crippen LogP contribution in [-0.4, -0.2) is 30.1 Å². The van der Waals surface area contributed by atoms with Crippen molar-refractivity contribution in [2.75, 3.05) is 6.61 Å². The largest absolute Gasteiger partial charge is 0.447 e. The van der Waals surface area contributed by atoms with E-state index in [4.69, 9.17) is 13.9 Å². The number of furan rings is 1. The number of carbonyl (C=O) groups excluding carboxylic acids is 2. The molecule has 6 nitrogen and oxygen atoms in total. The van der Waals surface area contributed by atoms with Crippen molar-refractivity contribution in [3.05, 3.63) is 93.9 Å². The minimum absolute atomic E-state index is 0.0181. The number of carbonyl (C=O) groups is 2. The summed E-state index contributed by atoms with van der Waals surface area (Å²) in [4.78, 5) is 26.8. The molecule has 1 aliphatic carbocycles. The molecule has 1 aliphatic heterocycles. The van der Waals surface area contributed by atoms with Crippen LogP contribution in [0, 0.1) is 6.92 Å². The number of rotatable bonds is 5. The van der Waals surface area contributed by atoms with Crippen LogP contribution in [0.2, 0.25) is 0 Å². The highest BCUT2D eigenvalue weighted by Gasteiger charge is 2.40. The zero-order chi connectivity index (χ0) is 28.2. The first-order chi connectivity index (χ1) is 18.3. The molecule has 2 aromatic carbocycles. The first kappa shape index (κ1) is 27.4. The highest BCUT2D eigenvalue weighted by molar-refractivity contribution is 6.09. The van der Waals surface area contributed by atoms with E-state index in [1.807, 2.05) is 57.2 Å². The van der Waals surface area contributed by atoms with E-state index in [-0.39, 0.29) is 40.8 Å². The lowest BCUT2D eigenvalue weighted by Crippen LogP contribution is -2.51. The highest BCUT2D eigenvalue weighted by atomic mass is 16.7. The van der Waals surface area contributed by atoms with Crippen molar-refractivity contribution in [1.29, 1.82) is 0 Å². The molecule has 0 radical (unpaired) electrons. The Bertz CT molecular complexity index is 1400. The van der Waals surface area contributed by atoms with E-state index in [1.54, 1.807) is 12.1 Å². The average molecular weight is 530 g/mol. The van der Waals surface area contributed by atoms with Crippen molar-refractivity contribution < 1.29 is 23.5 Å². The third-order valence-corrected chi connectivity index (χ3v) is 8.33. The molecule has 5 rings (SSSR count). The van der Waals surface area contributed by atoms with Crippen LogP contribution in [0.25, 0.3) is 0 Å². The summed E-state index contributed by atoms with van der Waals surface area (Å²) in [6.45, 7) is 15.0. The Balaban J connectivity index is 1.37. The number of hydrogen-bond donors (Lipinski definition) is 1. The van der Waals surface area contributed by atoms with Crippen LogP contribution in [0.15, 0.2) is 59.0 Å². The zero-order valence-corrected chi connectivity index (χ0v) is 24.0. The molecule has 1 saturated heterocycles. The summed E-state index contributed by atoms with van der Waals surface area (Å²) in [6, 6.07) is 16.7. The van der Waals surface area contributed by atoms with Crippen LogP contribution in [-0.2, 0) is 20.3 Å². The normalized spacial score (nSPS) is 23.1. The van der Waals surface area contributed by atoms with E-state index < -0.39 is 17.7 Å². The van der Waals surface area contributed by atoms with Gasteiger partial charge in [-0.15, -0.1) is 0 Å². The second-order valence-electron chi connectivity index (χ2n) is 12.7. The molecule has 2 atom stereocenters. The summed E-state index contributed by atoms with van der Waals surface area (Å²) in [7, 11) is 0. The lowest BCUT2D eigenvalue weighted by molar-refractivity contribution is -0.284. The van der Waals surface area contributed by atoms with Crippen LogP contribution < -0.4 is 5.32 Å². The summed E-state index contributed by atoms with van der Waals surface area (Å²) in [5.74, 6) is -1.19. The molecule has 3 aromatic rings. The van der Waals surface area contributed by atoms with E-state index in [0.29, 0.717) is 5.56 Å². The Morgan fingerprint density at radius 3 is 2.13 bits per heavy atom.